The molecule has 5 atom stereocenters. The van der Waals surface area contributed by atoms with Gasteiger partial charge in [-0.15, -0.1) is 0 Å². The molecule has 0 aliphatic carbocycles. The lowest BCUT2D eigenvalue weighted by atomic mass is 9.73. The summed E-state index contributed by atoms with van der Waals surface area (Å²) in [4.78, 5) is 44.7. The van der Waals surface area contributed by atoms with Crippen molar-refractivity contribution in [3.63, 3.8) is 0 Å². The van der Waals surface area contributed by atoms with Gasteiger partial charge in [0.25, 0.3) is 5.91 Å². The number of β-amino-alcohol motifs (C(OH)–C–C–N with tert-alkyl or cyclic N) is 1. The molecule has 2 amide bonds. The van der Waals surface area contributed by atoms with Crippen molar-refractivity contribution in [1.82, 2.24) is 4.90 Å². The van der Waals surface area contributed by atoms with E-state index in [0.29, 0.717) is 18.5 Å². The van der Waals surface area contributed by atoms with Crippen LogP contribution in [0.3, 0.4) is 0 Å². The van der Waals surface area contributed by atoms with Crippen LogP contribution in [0.25, 0.3) is 10.8 Å². The van der Waals surface area contributed by atoms with Crippen molar-refractivity contribution in [3.05, 3.63) is 66.8 Å². The fourth-order valence-corrected chi connectivity index (χ4v) is 6.65. The number of esters is 1. The number of rotatable bonds is 4. The molecule has 1 N–H and O–H groups in total. The highest BCUT2D eigenvalue weighted by Gasteiger charge is 2.75. The summed E-state index contributed by atoms with van der Waals surface area (Å²) in [7, 11) is 0. The molecule has 0 saturated carbocycles. The number of hydrogen-bond acceptors (Lipinski definition) is 6. The van der Waals surface area contributed by atoms with Crippen molar-refractivity contribution in [2.75, 3.05) is 31.2 Å². The molecule has 2 aromatic rings. The number of carbonyl (C=O) groups excluding carboxylic acids is 3. The van der Waals surface area contributed by atoms with Crippen LogP contribution in [0.15, 0.2) is 66.8 Å². The van der Waals surface area contributed by atoms with E-state index < -0.39 is 35.0 Å². The van der Waals surface area contributed by atoms with Crippen LogP contribution in [-0.4, -0.2) is 71.3 Å². The quantitative estimate of drug-likeness (QED) is 0.510. The van der Waals surface area contributed by atoms with E-state index >= 15 is 0 Å². The number of nitrogens with zero attached hydrogens (tertiary/aromatic N) is 2. The summed E-state index contributed by atoms with van der Waals surface area (Å²) in [5.41, 5.74) is -1.72. The van der Waals surface area contributed by atoms with Crippen molar-refractivity contribution >= 4 is 34.2 Å². The molecular formula is C29H30N2O6. The van der Waals surface area contributed by atoms with Crippen LogP contribution in [-0.2, 0) is 23.9 Å². The molecule has 6 rings (SSSR count). The van der Waals surface area contributed by atoms with Gasteiger partial charge in [-0.1, -0.05) is 61.6 Å². The third-order valence-corrected chi connectivity index (χ3v) is 8.29. The number of aliphatic hydroxyl groups excluding tert-OH is 1. The summed E-state index contributed by atoms with van der Waals surface area (Å²) in [6.45, 7) is 2.09. The van der Waals surface area contributed by atoms with E-state index in [-0.39, 0.29) is 38.1 Å². The lowest BCUT2D eigenvalue weighted by Crippen LogP contribution is -2.56. The molecule has 1 spiro atoms. The second-order valence-corrected chi connectivity index (χ2v) is 10.1. The average Bonchev–Trinajstić information content (AvgIpc) is 3.24. The number of aliphatic hydroxyl groups is 1. The molecule has 0 radical (unpaired) electrons. The molecule has 192 valence electrons. The van der Waals surface area contributed by atoms with Crippen LogP contribution < -0.4 is 4.90 Å². The van der Waals surface area contributed by atoms with Gasteiger partial charge in [0.2, 0.25) is 5.91 Å². The maximum Gasteiger partial charge on any atom is 0.313 e. The first-order valence-electron chi connectivity index (χ1n) is 12.9. The molecule has 2 aromatic carbocycles. The molecule has 4 heterocycles. The predicted molar refractivity (Wildman–Crippen MR) is 137 cm³/mol. The molecule has 4 aliphatic heterocycles. The van der Waals surface area contributed by atoms with E-state index in [1.165, 1.54) is 4.90 Å². The van der Waals surface area contributed by atoms with E-state index in [1.54, 1.807) is 11.0 Å². The van der Waals surface area contributed by atoms with Gasteiger partial charge < -0.3 is 24.4 Å². The normalized spacial score (nSPS) is 33.0. The van der Waals surface area contributed by atoms with E-state index in [9.17, 15) is 19.5 Å². The van der Waals surface area contributed by atoms with Crippen LogP contribution in [0.5, 0.6) is 0 Å². The number of ether oxygens (including phenoxy) is 2. The Bertz CT molecular complexity index is 1340. The van der Waals surface area contributed by atoms with Crippen molar-refractivity contribution in [3.8, 4) is 0 Å². The number of hydrogen-bond donors (Lipinski definition) is 1. The van der Waals surface area contributed by atoms with Gasteiger partial charge in [-0.05, 0) is 35.7 Å². The number of benzene rings is 2. The van der Waals surface area contributed by atoms with Gasteiger partial charge in [0.1, 0.15) is 23.2 Å². The zero-order chi connectivity index (χ0) is 25.8. The Kier molecular flexibility index (Phi) is 5.69. The first-order chi connectivity index (χ1) is 18.0. The number of fused-ring (bicyclic) bond motifs is 3. The predicted octanol–water partition coefficient (Wildman–Crippen LogP) is 2.60. The highest BCUT2D eigenvalue weighted by atomic mass is 16.6. The zero-order valence-electron chi connectivity index (χ0n) is 20.7. The minimum Gasteiger partial charge on any atom is -0.465 e. The second-order valence-electron chi connectivity index (χ2n) is 10.1. The lowest BCUT2D eigenvalue weighted by molar-refractivity contribution is -0.160. The molecule has 0 aromatic heterocycles. The Morgan fingerprint density at radius 2 is 1.81 bits per heavy atom. The topological polar surface area (TPSA) is 96.4 Å². The van der Waals surface area contributed by atoms with Crippen LogP contribution >= 0.6 is 0 Å². The Labute approximate surface area is 215 Å². The fraction of sp³-hybridized carbons (Fsp3) is 0.414. The minimum absolute atomic E-state index is 0.0347. The van der Waals surface area contributed by atoms with Crippen LogP contribution in [0.4, 0.5) is 5.69 Å². The third kappa shape index (κ3) is 3.39. The van der Waals surface area contributed by atoms with Gasteiger partial charge in [0.05, 0.1) is 19.1 Å². The minimum atomic E-state index is -1.36. The van der Waals surface area contributed by atoms with Crippen LogP contribution in [0, 0.1) is 11.8 Å². The first-order valence-corrected chi connectivity index (χ1v) is 12.9. The molecule has 2 saturated heterocycles. The van der Waals surface area contributed by atoms with Crippen molar-refractivity contribution in [2.45, 2.75) is 37.0 Å². The molecule has 4 aliphatic rings. The highest BCUT2D eigenvalue weighted by molar-refractivity contribution is 6.06. The van der Waals surface area contributed by atoms with Crippen molar-refractivity contribution in [2.24, 2.45) is 11.8 Å². The Balaban J connectivity index is 1.49. The van der Waals surface area contributed by atoms with Gasteiger partial charge >= 0.3 is 5.97 Å². The average molecular weight is 503 g/mol. The Hall–Kier alpha value is -3.49. The highest BCUT2D eigenvalue weighted by Crippen LogP contribution is 2.58. The summed E-state index contributed by atoms with van der Waals surface area (Å²) in [5, 5.41) is 11.9. The number of anilines is 1. The van der Waals surface area contributed by atoms with Gasteiger partial charge in [0, 0.05) is 18.8 Å². The number of amides is 2. The number of carbonyl (C=O) groups is 3. The van der Waals surface area contributed by atoms with E-state index in [2.05, 4.69) is 0 Å². The summed E-state index contributed by atoms with van der Waals surface area (Å²) in [6, 6.07) is 12.7. The fourth-order valence-electron chi connectivity index (χ4n) is 6.65. The largest absolute Gasteiger partial charge is 0.465 e. The number of cyclic esters (lactones) is 1. The van der Waals surface area contributed by atoms with Gasteiger partial charge in [-0.25, -0.2) is 0 Å². The van der Waals surface area contributed by atoms with Gasteiger partial charge in [0.15, 0.2) is 0 Å². The second kappa shape index (κ2) is 8.82. The first kappa shape index (κ1) is 23.9. The maximum atomic E-state index is 14.3. The molecule has 1 unspecified atom stereocenters. The monoisotopic (exact) mass is 502 g/mol. The summed E-state index contributed by atoms with van der Waals surface area (Å²) >= 11 is 0. The Morgan fingerprint density at radius 1 is 1.00 bits per heavy atom. The van der Waals surface area contributed by atoms with E-state index in [0.717, 1.165) is 10.8 Å². The Morgan fingerprint density at radius 3 is 2.59 bits per heavy atom. The molecule has 8 nitrogen and oxygen atoms in total. The molecule has 37 heavy (non-hydrogen) atoms. The van der Waals surface area contributed by atoms with Gasteiger partial charge in [-0.3, -0.25) is 14.4 Å². The van der Waals surface area contributed by atoms with Crippen LogP contribution in [0.2, 0.25) is 0 Å². The molecule has 2 fully saturated rings. The van der Waals surface area contributed by atoms with Crippen molar-refractivity contribution in [1.29, 1.82) is 0 Å². The lowest BCUT2D eigenvalue weighted by Gasteiger charge is -2.38. The smallest absolute Gasteiger partial charge is 0.313 e. The van der Waals surface area contributed by atoms with Crippen LogP contribution in [0.1, 0.15) is 19.8 Å². The third-order valence-electron chi connectivity index (χ3n) is 8.29. The molecule has 8 heteroatoms. The van der Waals surface area contributed by atoms with E-state index in [4.69, 9.17) is 9.47 Å². The van der Waals surface area contributed by atoms with E-state index in [1.807, 2.05) is 67.6 Å². The zero-order valence-corrected chi connectivity index (χ0v) is 20.7. The number of likely N-dealkylation sites (tertiary alicyclic amines) is 1. The SMILES string of the molecule is CC[C@@]12C=CCCOC(=O)[C@@H]1[C@H]1C(=O)N(CCO)C3C(=O)N(c4ccc5ccccc5c4)CC=C[C@@]31O2. The van der Waals surface area contributed by atoms with Gasteiger partial charge in [-0.2, -0.15) is 0 Å². The van der Waals surface area contributed by atoms with Crippen molar-refractivity contribution < 1.29 is 29.0 Å². The summed E-state index contributed by atoms with van der Waals surface area (Å²) < 4.78 is 12.3. The standard InChI is InChI=1S/C29H30N2O6/c1-2-28-12-5-6-17-36-27(35)23(28)22-25(33)31(15-16-32)24-26(34)30(14-7-13-29(22,24)37-28)21-11-10-19-8-3-4-9-20(19)18-21/h3-5,7-13,18,22-24,32H,2,6,14-17H2,1H3/t22-,23-,24?,28+,29-/m0/s1. The summed E-state index contributed by atoms with van der Waals surface area (Å²) in [5.74, 6) is -2.98. The molecule has 0 bridgehead atoms. The maximum absolute atomic E-state index is 14.3. The summed E-state index contributed by atoms with van der Waals surface area (Å²) in [6.07, 6.45) is 8.47. The molecular weight excluding hydrogens is 472 g/mol.